The molecule has 0 radical (unpaired) electrons. The van der Waals surface area contributed by atoms with Gasteiger partial charge in [0, 0.05) is 0 Å². The number of aliphatic imine (C=N–C) groups is 1. The Morgan fingerprint density at radius 3 is 1.85 bits per heavy atom. The molecule has 2 aromatic carbocycles. The summed E-state index contributed by atoms with van der Waals surface area (Å²) in [5.74, 6) is 0.936. The van der Waals surface area contributed by atoms with E-state index in [1.165, 1.54) is 0 Å². The molecule has 106 valence electrons. The molecule has 2 aromatic rings. The van der Waals surface area contributed by atoms with E-state index < -0.39 is 0 Å². The molecular formula is C16H19IN2S. The van der Waals surface area contributed by atoms with E-state index in [0.717, 1.165) is 16.9 Å². The Balaban J connectivity index is 0.00000200. The summed E-state index contributed by atoms with van der Waals surface area (Å²) in [5, 5.41) is 0.639. The highest BCUT2D eigenvalue weighted by molar-refractivity contribution is 14.0. The summed E-state index contributed by atoms with van der Waals surface area (Å²) in [6, 6.07) is 20.5. The Morgan fingerprint density at radius 2 is 1.45 bits per heavy atom. The predicted molar refractivity (Wildman–Crippen MR) is 99.9 cm³/mol. The number of amidine groups is 1. The van der Waals surface area contributed by atoms with Crippen molar-refractivity contribution in [2.45, 2.75) is 13.0 Å². The van der Waals surface area contributed by atoms with Gasteiger partial charge in [-0.2, -0.15) is 0 Å². The second-order valence-electron chi connectivity index (χ2n) is 4.12. The lowest BCUT2D eigenvalue weighted by atomic mass is 9.99. The number of nitrogens with zero attached hydrogens (tertiary/aromatic N) is 1. The topological polar surface area (TPSA) is 38.4 Å². The molecule has 0 atom stereocenters. The van der Waals surface area contributed by atoms with Gasteiger partial charge in [-0.3, -0.25) is 0 Å². The molecule has 0 saturated heterocycles. The summed E-state index contributed by atoms with van der Waals surface area (Å²) in [4.78, 5) is 4.66. The number of halogens is 1. The smallest absolute Gasteiger partial charge is 0.154 e. The molecule has 0 aliphatic rings. The molecule has 2 nitrogen and oxygen atoms in total. The lowest BCUT2D eigenvalue weighted by Gasteiger charge is -2.14. The summed E-state index contributed by atoms with van der Waals surface area (Å²) in [7, 11) is 0. The van der Waals surface area contributed by atoms with Crippen molar-refractivity contribution < 1.29 is 0 Å². The van der Waals surface area contributed by atoms with Crippen LogP contribution in [0.2, 0.25) is 0 Å². The zero-order valence-corrected chi connectivity index (χ0v) is 14.5. The monoisotopic (exact) mass is 398 g/mol. The van der Waals surface area contributed by atoms with E-state index in [0.29, 0.717) is 5.17 Å². The van der Waals surface area contributed by atoms with E-state index in [9.17, 15) is 0 Å². The van der Waals surface area contributed by atoms with Crippen LogP contribution < -0.4 is 5.73 Å². The van der Waals surface area contributed by atoms with Crippen molar-refractivity contribution in [3.8, 4) is 0 Å². The summed E-state index contributed by atoms with van der Waals surface area (Å²) >= 11 is 1.58. The SMILES string of the molecule is CCSC(N)=NC(c1ccccc1)c1ccccc1.I. The van der Waals surface area contributed by atoms with Crippen molar-refractivity contribution in [1.29, 1.82) is 0 Å². The number of thioether (sulfide) groups is 1. The van der Waals surface area contributed by atoms with Gasteiger partial charge in [0.25, 0.3) is 0 Å². The zero-order chi connectivity index (χ0) is 13.5. The number of benzene rings is 2. The van der Waals surface area contributed by atoms with Gasteiger partial charge >= 0.3 is 0 Å². The van der Waals surface area contributed by atoms with Crippen LogP contribution in [0.4, 0.5) is 0 Å². The van der Waals surface area contributed by atoms with Gasteiger partial charge in [-0.1, -0.05) is 79.3 Å². The highest BCUT2D eigenvalue weighted by atomic mass is 127. The van der Waals surface area contributed by atoms with Crippen LogP contribution in [-0.2, 0) is 0 Å². The molecule has 0 unspecified atom stereocenters. The van der Waals surface area contributed by atoms with Crippen LogP contribution in [0.1, 0.15) is 24.1 Å². The molecule has 20 heavy (non-hydrogen) atoms. The zero-order valence-electron chi connectivity index (χ0n) is 11.4. The van der Waals surface area contributed by atoms with Gasteiger partial charge < -0.3 is 5.73 Å². The maximum atomic E-state index is 5.97. The largest absolute Gasteiger partial charge is 0.379 e. The summed E-state index contributed by atoms with van der Waals surface area (Å²) in [6.45, 7) is 2.08. The molecule has 4 heteroatoms. The third kappa shape index (κ3) is 4.83. The van der Waals surface area contributed by atoms with Crippen LogP contribution in [0.25, 0.3) is 0 Å². The maximum Gasteiger partial charge on any atom is 0.154 e. The second-order valence-corrected chi connectivity index (χ2v) is 5.41. The number of rotatable bonds is 4. The Hall–Kier alpha value is -1.01. The molecular weight excluding hydrogens is 379 g/mol. The van der Waals surface area contributed by atoms with Crippen LogP contribution in [0, 0.1) is 0 Å². The standard InChI is InChI=1S/C16H18N2S.HI/c1-2-19-16(17)18-15(13-9-5-3-6-10-13)14-11-7-4-8-12-14;/h3-12,15H,2H2,1H3,(H2,17,18);1H. The normalized spacial score (nSPS) is 11.2. The van der Waals surface area contributed by atoms with E-state index in [4.69, 9.17) is 5.73 Å². The fourth-order valence-electron chi connectivity index (χ4n) is 1.92. The van der Waals surface area contributed by atoms with Gasteiger partial charge in [-0.25, -0.2) is 4.99 Å². The third-order valence-electron chi connectivity index (χ3n) is 2.78. The highest BCUT2D eigenvalue weighted by Gasteiger charge is 2.12. The summed E-state index contributed by atoms with van der Waals surface area (Å²) in [6.07, 6.45) is 0. The Labute approximate surface area is 141 Å². The van der Waals surface area contributed by atoms with Gasteiger partial charge in [0.1, 0.15) is 6.04 Å². The molecule has 0 aliphatic heterocycles. The van der Waals surface area contributed by atoms with Crippen molar-refractivity contribution in [2.24, 2.45) is 10.7 Å². The average molecular weight is 398 g/mol. The average Bonchev–Trinajstić information content (AvgIpc) is 2.47. The maximum absolute atomic E-state index is 5.97. The van der Waals surface area contributed by atoms with E-state index in [1.54, 1.807) is 11.8 Å². The first kappa shape index (κ1) is 17.0. The molecule has 2 rings (SSSR count). The van der Waals surface area contributed by atoms with Crippen molar-refractivity contribution in [2.75, 3.05) is 5.75 Å². The summed E-state index contributed by atoms with van der Waals surface area (Å²) in [5.41, 5.74) is 8.29. The van der Waals surface area contributed by atoms with E-state index in [2.05, 4.69) is 36.2 Å². The predicted octanol–water partition coefficient (Wildman–Crippen LogP) is 4.46. The van der Waals surface area contributed by atoms with Crippen LogP contribution in [0.15, 0.2) is 65.7 Å². The van der Waals surface area contributed by atoms with Gasteiger partial charge in [0.2, 0.25) is 0 Å². The molecule has 0 saturated carbocycles. The Morgan fingerprint density at radius 1 is 1.00 bits per heavy atom. The number of hydrogen-bond acceptors (Lipinski definition) is 2. The van der Waals surface area contributed by atoms with Gasteiger partial charge in [-0.15, -0.1) is 24.0 Å². The van der Waals surface area contributed by atoms with E-state index >= 15 is 0 Å². The van der Waals surface area contributed by atoms with Gasteiger partial charge in [-0.05, 0) is 16.9 Å². The lowest BCUT2D eigenvalue weighted by molar-refractivity contribution is 0.874. The van der Waals surface area contributed by atoms with Gasteiger partial charge in [0.05, 0.1) is 0 Å². The highest BCUT2D eigenvalue weighted by Crippen LogP contribution is 2.26. The molecule has 0 spiro atoms. The van der Waals surface area contributed by atoms with Crippen molar-refractivity contribution >= 4 is 40.9 Å². The quantitative estimate of drug-likeness (QED) is 0.469. The second kappa shape index (κ2) is 9.02. The molecule has 0 aliphatic carbocycles. The fraction of sp³-hybridized carbons (Fsp3) is 0.188. The van der Waals surface area contributed by atoms with Crippen LogP contribution in [0.3, 0.4) is 0 Å². The van der Waals surface area contributed by atoms with Gasteiger partial charge in [0.15, 0.2) is 5.17 Å². The number of nitrogens with two attached hydrogens (primary N) is 1. The molecule has 0 bridgehead atoms. The third-order valence-corrected chi connectivity index (χ3v) is 3.47. The Bertz CT molecular complexity index is 489. The number of hydrogen-bond donors (Lipinski definition) is 1. The molecule has 0 heterocycles. The molecule has 2 N–H and O–H groups in total. The molecule has 0 fully saturated rings. The minimum Gasteiger partial charge on any atom is -0.379 e. The Kier molecular flexibility index (Phi) is 7.69. The van der Waals surface area contributed by atoms with Crippen LogP contribution in [0.5, 0.6) is 0 Å². The molecule has 0 amide bonds. The first-order valence-electron chi connectivity index (χ1n) is 6.37. The minimum atomic E-state index is -0.0264. The van der Waals surface area contributed by atoms with E-state index in [-0.39, 0.29) is 30.0 Å². The van der Waals surface area contributed by atoms with Crippen LogP contribution in [-0.4, -0.2) is 10.9 Å². The first-order chi connectivity index (χ1) is 9.31. The molecule has 0 aromatic heterocycles. The fourth-order valence-corrected chi connectivity index (χ4v) is 2.40. The van der Waals surface area contributed by atoms with E-state index in [1.807, 2.05) is 36.4 Å². The summed E-state index contributed by atoms with van der Waals surface area (Å²) < 4.78 is 0. The minimum absolute atomic E-state index is 0. The van der Waals surface area contributed by atoms with Crippen molar-refractivity contribution in [3.63, 3.8) is 0 Å². The van der Waals surface area contributed by atoms with Crippen molar-refractivity contribution in [1.82, 2.24) is 0 Å². The van der Waals surface area contributed by atoms with Crippen molar-refractivity contribution in [3.05, 3.63) is 71.8 Å². The van der Waals surface area contributed by atoms with Crippen LogP contribution >= 0.6 is 35.7 Å². The lowest BCUT2D eigenvalue weighted by Crippen LogP contribution is -2.10. The first-order valence-corrected chi connectivity index (χ1v) is 7.35.